The predicted molar refractivity (Wildman–Crippen MR) is 92.8 cm³/mol. The highest BCUT2D eigenvalue weighted by molar-refractivity contribution is 7.98. The summed E-state index contributed by atoms with van der Waals surface area (Å²) < 4.78 is 48.3. The molecule has 1 aromatic heterocycles. The molecule has 134 valence electrons. The highest BCUT2D eigenvalue weighted by Gasteiger charge is 2.39. The van der Waals surface area contributed by atoms with Crippen LogP contribution in [0, 0.1) is 5.92 Å². The van der Waals surface area contributed by atoms with Gasteiger partial charge in [-0.25, -0.2) is 0 Å². The Labute approximate surface area is 153 Å². The van der Waals surface area contributed by atoms with Crippen LogP contribution < -0.4 is 0 Å². The van der Waals surface area contributed by atoms with E-state index in [4.69, 9.17) is 0 Å². The first-order valence-corrected chi connectivity index (χ1v) is 10.1. The second-order valence-electron chi connectivity index (χ2n) is 6.67. The standard InChI is InChI=1S/C17H18F3N3S2/c18-17(19,20)14-6-2-1-4-12(14)10-24-16-15(21-25-22-16)13-9-23-7-3-5-11(13)8-23/h1-2,4,6,11,13H,3,5,7-10H2. The lowest BCUT2D eigenvalue weighted by atomic mass is 9.89. The number of piperidine rings is 1. The normalized spacial score (nSPS) is 26.1. The van der Waals surface area contributed by atoms with Crippen molar-refractivity contribution in [2.24, 2.45) is 5.92 Å². The average Bonchev–Trinajstić information content (AvgIpc) is 3.16. The van der Waals surface area contributed by atoms with Crippen LogP contribution in [-0.2, 0) is 11.9 Å². The van der Waals surface area contributed by atoms with Crippen molar-refractivity contribution in [3.63, 3.8) is 0 Å². The Kier molecular flexibility index (Phi) is 4.77. The summed E-state index contributed by atoms with van der Waals surface area (Å²) in [5.41, 5.74) is 0.733. The molecule has 2 bridgehead atoms. The minimum Gasteiger partial charge on any atom is -0.302 e. The third-order valence-electron chi connectivity index (χ3n) is 5.09. The molecule has 3 heterocycles. The van der Waals surface area contributed by atoms with Crippen molar-refractivity contribution in [2.45, 2.75) is 35.7 Å². The van der Waals surface area contributed by atoms with Crippen LogP contribution in [-0.4, -0.2) is 33.3 Å². The molecule has 3 nitrogen and oxygen atoms in total. The minimum atomic E-state index is -4.32. The lowest BCUT2D eigenvalue weighted by Gasteiger charge is -2.21. The van der Waals surface area contributed by atoms with E-state index in [9.17, 15) is 13.2 Å². The van der Waals surface area contributed by atoms with E-state index in [-0.39, 0.29) is 5.75 Å². The van der Waals surface area contributed by atoms with Gasteiger partial charge in [0, 0.05) is 24.8 Å². The summed E-state index contributed by atoms with van der Waals surface area (Å²) in [5.74, 6) is 1.25. The Hall–Kier alpha value is -1.12. The van der Waals surface area contributed by atoms with Crippen molar-refractivity contribution in [1.29, 1.82) is 0 Å². The van der Waals surface area contributed by atoms with Gasteiger partial charge in [0.15, 0.2) is 0 Å². The van der Waals surface area contributed by atoms with Gasteiger partial charge >= 0.3 is 6.18 Å². The van der Waals surface area contributed by atoms with Gasteiger partial charge in [-0.2, -0.15) is 21.9 Å². The zero-order valence-corrected chi connectivity index (χ0v) is 15.1. The third-order valence-corrected chi connectivity index (χ3v) is 6.77. The van der Waals surface area contributed by atoms with Gasteiger partial charge in [-0.1, -0.05) is 30.0 Å². The van der Waals surface area contributed by atoms with Gasteiger partial charge in [0.25, 0.3) is 0 Å². The van der Waals surface area contributed by atoms with E-state index in [1.165, 1.54) is 42.4 Å². The van der Waals surface area contributed by atoms with Gasteiger partial charge in [-0.3, -0.25) is 0 Å². The number of fused-ring (bicyclic) bond motifs is 2. The lowest BCUT2D eigenvalue weighted by Crippen LogP contribution is -2.25. The van der Waals surface area contributed by atoms with E-state index in [2.05, 4.69) is 13.6 Å². The van der Waals surface area contributed by atoms with Crippen molar-refractivity contribution in [3.8, 4) is 0 Å². The Morgan fingerprint density at radius 1 is 1.20 bits per heavy atom. The first-order chi connectivity index (χ1) is 12.0. The van der Waals surface area contributed by atoms with E-state index >= 15 is 0 Å². The van der Waals surface area contributed by atoms with Crippen molar-refractivity contribution >= 4 is 23.5 Å². The molecule has 2 aliphatic rings. The van der Waals surface area contributed by atoms with Crippen LogP contribution in [0.25, 0.3) is 0 Å². The Bertz CT molecular complexity index is 747. The van der Waals surface area contributed by atoms with Crippen LogP contribution in [0.3, 0.4) is 0 Å². The lowest BCUT2D eigenvalue weighted by molar-refractivity contribution is -0.138. The average molecular weight is 385 g/mol. The smallest absolute Gasteiger partial charge is 0.302 e. The van der Waals surface area contributed by atoms with Gasteiger partial charge in [0.1, 0.15) is 5.03 Å². The van der Waals surface area contributed by atoms with Gasteiger partial charge < -0.3 is 4.90 Å². The molecule has 25 heavy (non-hydrogen) atoms. The van der Waals surface area contributed by atoms with E-state index in [0.29, 0.717) is 17.4 Å². The van der Waals surface area contributed by atoms with Crippen LogP contribution in [0.2, 0.25) is 0 Å². The van der Waals surface area contributed by atoms with Crippen molar-refractivity contribution < 1.29 is 13.2 Å². The number of hydrogen-bond donors (Lipinski definition) is 0. The first-order valence-electron chi connectivity index (χ1n) is 8.35. The summed E-state index contributed by atoms with van der Waals surface area (Å²) in [6.45, 7) is 3.26. The number of rotatable bonds is 4. The second-order valence-corrected chi connectivity index (χ2v) is 8.16. The maximum absolute atomic E-state index is 13.1. The van der Waals surface area contributed by atoms with E-state index in [0.717, 1.165) is 36.4 Å². The third kappa shape index (κ3) is 3.57. The zero-order valence-electron chi connectivity index (χ0n) is 13.5. The molecule has 1 aromatic carbocycles. The number of alkyl halides is 3. The van der Waals surface area contributed by atoms with Crippen LogP contribution in [0.15, 0.2) is 29.3 Å². The molecule has 0 N–H and O–H groups in total. The van der Waals surface area contributed by atoms with Crippen molar-refractivity contribution in [2.75, 3.05) is 19.6 Å². The molecule has 2 aromatic rings. The molecule has 8 heteroatoms. The summed E-state index contributed by atoms with van der Waals surface area (Å²) in [6.07, 6.45) is -1.89. The topological polar surface area (TPSA) is 29.0 Å². The number of nitrogens with zero attached hydrogens (tertiary/aromatic N) is 3. The van der Waals surface area contributed by atoms with Crippen LogP contribution in [0.1, 0.15) is 35.6 Å². The zero-order chi connectivity index (χ0) is 17.4. The SMILES string of the molecule is FC(F)(F)c1ccccc1CSc1nsnc1C1CN2CCCC1C2. The van der Waals surface area contributed by atoms with Gasteiger partial charge in [0.2, 0.25) is 0 Å². The van der Waals surface area contributed by atoms with E-state index in [1.807, 2.05) is 0 Å². The maximum atomic E-state index is 13.1. The summed E-state index contributed by atoms with van der Waals surface area (Å²) in [4.78, 5) is 2.46. The van der Waals surface area contributed by atoms with Crippen LogP contribution >= 0.6 is 23.5 Å². The Balaban J connectivity index is 1.51. The Morgan fingerprint density at radius 3 is 2.84 bits per heavy atom. The molecule has 0 radical (unpaired) electrons. The molecular formula is C17H18F3N3S2. The number of hydrogen-bond acceptors (Lipinski definition) is 5. The fourth-order valence-electron chi connectivity index (χ4n) is 3.91. The minimum absolute atomic E-state index is 0.259. The molecule has 0 amide bonds. The number of benzene rings is 1. The molecule has 4 rings (SSSR count). The second kappa shape index (κ2) is 6.89. The summed E-state index contributed by atoms with van der Waals surface area (Å²) in [5, 5.41) is 0.806. The number of halogens is 3. The van der Waals surface area contributed by atoms with Crippen LogP contribution in [0.4, 0.5) is 13.2 Å². The van der Waals surface area contributed by atoms with Gasteiger partial charge in [-0.15, -0.1) is 0 Å². The molecule has 0 spiro atoms. The maximum Gasteiger partial charge on any atom is 0.416 e. The highest BCUT2D eigenvalue weighted by Crippen LogP contribution is 2.42. The molecule has 2 aliphatic heterocycles. The fourth-order valence-corrected chi connectivity index (χ4v) is 5.68. The Morgan fingerprint density at radius 2 is 2.04 bits per heavy atom. The predicted octanol–water partition coefficient (Wildman–Crippen LogP) is 4.66. The largest absolute Gasteiger partial charge is 0.416 e. The quantitative estimate of drug-likeness (QED) is 0.716. The molecular weight excluding hydrogens is 367 g/mol. The molecule has 2 saturated heterocycles. The molecule has 2 fully saturated rings. The fraction of sp³-hybridized carbons (Fsp3) is 0.529. The summed E-state index contributed by atoms with van der Waals surface area (Å²) in [6, 6.07) is 5.77. The monoisotopic (exact) mass is 385 g/mol. The number of aromatic nitrogens is 2. The van der Waals surface area contributed by atoms with Crippen molar-refractivity contribution in [3.05, 3.63) is 41.1 Å². The van der Waals surface area contributed by atoms with E-state index < -0.39 is 11.7 Å². The van der Waals surface area contributed by atoms with Gasteiger partial charge in [0.05, 0.1) is 23.0 Å². The first kappa shape index (κ1) is 17.3. The summed E-state index contributed by atoms with van der Waals surface area (Å²) in [7, 11) is 0. The molecule has 3 atom stereocenters. The van der Waals surface area contributed by atoms with Crippen LogP contribution in [0.5, 0.6) is 0 Å². The summed E-state index contributed by atoms with van der Waals surface area (Å²) >= 11 is 2.55. The van der Waals surface area contributed by atoms with Gasteiger partial charge in [-0.05, 0) is 36.9 Å². The van der Waals surface area contributed by atoms with E-state index in [1.54, 1.807) is 12.1 Å². The molecule has 0 aliphatic carbocycles. The van der Waals surface area contributed by atoms with Crippen molar-refractivity contribution in [1.82, 2.24) is 13.6 Å². The molecule has 3 unspecified atom stereocenters. The number of thioether (sulfide) groups is 1. The molecule has 0 saturated carbocycles. The highest BCUT2D eigenvalue weighted by atomic mass is 32.2.